The van der Waals surface area contributed by atoms with Gasteiger partial charge in [-0.15, -0.1) is 11.8 Å². The maximum atomic E-state index is 11.0. The SMILES string of the molecule is CCNC(=O)CSC(C)CCN. The van der Waals surface area contributed by atoms with Crippen LogP contribution < -0.4 is 11.1 Å². The van der Waals surface area contributed by atoms with Gasteiger partial charge in [-0.2, -0.15) is 0 Å². The van der Waals surface area contributed by atoms with Gasteiger partial charge in [-0.1, -0.05) is 6.92 Å². The van der Waals surface area contributed by atoms with Crippen LogP contribution in [0.5, 0.6) is 0 Å². The highest BCUT2D eigenvalue weighted by molar-refractivity contribution is 8.00. The van der Waals surface area contributed by atoms with E-state index in [-0.39, 0.29) is 5.91 Å². The van der Waals surface area contributed by atoms with Gasteiger partial charge in [-0.3, -0.25) is 4.79 Å². The van der Waals surface area contributed by atoms with Gasteiger partial charge in [0, 0.05) is 11.8 Å². The Morgan fingerprint density at radius 1 is 1.67 bits per heavy atom. The average Bonchev–Trinajstić information content (AvgIpc) is 2.02. The van der Waals surface area contributed by atoms with Crippen LogP contribution in [0.15, 0.2) is 0 Å². The Bertz CT molecular complexity index is 130. The average molecular weight is 190 g/mol. The fourth-order valence-electron chi connectivity index (χ4n) is 0.784. The fourth-order valence-corrected chi connectivity index (χ4v) is 1.62. The topological polar surface area (TPSA) is 55.1 Å². The van der Waals surface area contributed by atoms with Crippen LogP contribution >= 0.6 is 11.8 Å². The van der Waals surface area contributed by atoms with Crippen LogP contribution in [0.4, 0.5) is 0 Å². The highest BCUT2D eigenvalue weighted by Crippen LogP contribution is 2.12. The zero-order valence-corrected chi connectivity index (χ0v) is 8.62. The third-order valence-electron chi connectivity index (χ3n) is 1.45. The van der Waals surface area contributed by atoms with Gasteiger partial charge in [0.05, 0.1) is 5.75 Å². The van der Waals surface area contributed by atoms with E-state index in [0.717, 1.165) is 6.42 Å². The third kappa shape index (κ3) is 6.49. The maximum Gasteiger partial charge on any atom is 0.229 e. The van der Waals surface area contributed by atoms with Crippen LogP contribution in [0.3, 0.4) is 0 Å². The second-order valence-electron chi connectivity index (χ2n) is 2.65. The molecule has 1 unspecified atom stereocenters. The summed E-state index contributed by atoms with van der Waals surface area (Å²) >= 11 is 1.66. The van der Waals surface area contributed by atoms with Crippen LogP contribution in [0.2, 0.25) is 0 Å². The lowest BCUT2D eigenvalue weighted by Gasteiger charge is -2.08. The molecular weight excluding hydrogens is 172 g/mol. The molecule has 0 spiro atoms. The summed E-state index contributed by atoms with van der Waals surface area (Å²) in [4.78, 5) is 11.0. The van der Waals surface area contributed by atoms with Crippen molar-refractivity contribution in [2.45, 2.75) is 25.5 Å². The first-order valence-corrected chi connectivity index (χ1v) is 5.34. The predicted molar refractivity (Wildman–Crippen MR) is 54.3 cm³/mol. The second-order valence-corrected chi connectivity index (χ2v) is 4.08. The molecule has 0 saturated carbocycles. The van der Waals surface area contributed by atoms with Crippen LogP contribution in [0, 0.1) is 0 Å². The largest absolute Gasteiger partial charge is 0.356 e. The van der Waals surface area contributed by atoms with E-state index in [2.05, 4.69) is 12.2 Å². The van der Waals surface area contributed by atoms with Gasteiger partial charge < -0.3 is 11.1 Å². The molecule has 0 bridgehead atoms. The van der Waals surface area contributed by atoms with E-state index in [0.29, 0.717) is 24.1 Å². The standard InChI is InChI=1S/C8H18N2OS/c1-3-10-8(11)6-12-7(2)4-5-9/h7H,3-6,9H2,1-2H3,(H,10,11). The molecule has 0 fully saturated rings. The van der Waals surface area contributed by atoms with Crippen molar-refractivity contribution in [2.24, 2.45) is 5.73 Å². The lowest BCUT2D eigenvalue weighted by Crippen LogP contribution is -2.25. The van der Waals surface area contributed by atoms with Crippen molar-refractivity contribution in [3.05, 3.63) is 0 Å². The first-order valence-electron chi connectivity index (χ1n) is 4.29. The van der Waals surface area contributed by atoms with Crippen molar-refractivity contribution in [2.75, 3.05) is 18.8 Å². The molecule has 0 aliphatic heterocycles. The summed E-state index contributed by atoms with van der Waals surface area (Å²) < 4.78 is 0. The summed E-state index contributed by atoms with van der Waals surface area (Å²) in [7, 11) is 0. The minimum Gasteiger partial charge on any atom is -0.356 e. The smallest absolute Gasteiger partial charge is 0.229 e. The van der Waals surface area contributed by atoms with Crippen molar-refractivity contribution in [1.82, 2.24) is 5.32 Å². The number of hydrogen-bond donors (Lipinski definition) is 2. The van der Waals surface area contributed by atoms with Crippen LogP contribution in [-0.2, 0) is 4.79 Å². The van der Waals surface area contributed by atoms with Gasteiger partial charge in [-0.05, 0) is 19.9 Å². The Morgan fingerprint density at radius 3 is 2.83 bits per heavy atom. The summed E-state index contributed by atoms with van der Waals surface area (Å²) in [5.74, 6) is 0.668. The molecule has 72 valence electrons. The van der Waals surface area contributed by atoms with Crippen molar-refractivity contribution < 1.29 is 4.79 Å². The Morgan fingerprint density at radius 2 is 2.33 bits per heavy atom. The summed E-state index contributed by atoms with van der Waals surface area (Å²) in [6, 6.07) is 0. The molecule has 0 aliphatic carbocycles. The molecule has 0 heterocycles. The maximum absolute atomic E-state index is 11.0. The molecule has 12 heavy (non-hydrogen) atoms. The van der Waals surface area contributed by atoms with E-state index in [4.69, 9.17) is 5.73 Å². The summed E-state index contributed by atoms with van der Waals surface area (Å²) in [5.41, 5.74) is 5.38. The first kappa shape index (κ1) is 11.8. The first-order chi connectivity index (χ1) is 5.70. The van der Waals surface area contributed by atoms with Gasteiger partial charge in [-0.25, -0.2) is 0 Å². The number of hydrogen-bond acceptors (Lipinski definition) is 3. The van der Waals surface area contributed by atoms with Crippen molar-refractivity contribution >= 4 is 17.7 Å². The molecule has 0 aromatic carbocycles. The lowest BCUT2D eigenvalue weighted by atomic mass is 10.3. The number of amides is 1. The van der Waals surface area contributed by atoms with E-state index in [1.54, 1.807) is 11.8 Å². The molecule has 0 rings (SSSR count). The van der Waals surface area contributed by atoms with Crippen molar-refractivity contribution in [3.8, 4) is 0 Å². The summed E-state index contributed by atoms with van der Waals surface area (Å²) in [6.07, 6.45) is 0.976. The quantitative estimate of drug-likeness (QED) is 0.644. The second kappa shape index (κ2) is 7.43. The van der Waals surface area contributed by atoms with Gasteiger partial charge in [0.2, 0.25) is 5.91 Å². The minimum atomic E-state index is 0.117. The van der Waals surface area contributed by atoms with Gasteiger partial charge in [0.1, 0.15) is 0 Å². The molecular formula is C8H18N2OS. The molecule has 3 nitrogen and oxygen atoms in total. The zero-order valence-electron chi connectivity index (χ0n) is 7.80. The molecule has 0 aromatic heterocycles. The van der Waals surface area contributed by atoms with Crippen molar-refractivity contribution in [3.63, 3.8) is 0 Å². The van der Waals surface area contributed by atoms with Gasteiger partial charge in [0.15, 0.2) is 0 Å². The molecule has 0 radical (unpaired) electrons. The van der Waals surface area contributed by atoms with Crippen LogP contribution in [0.25, 0.3) is 0 Å². The van der Waals surface area contributed by atoms with E-state index in [1.807, 2.05) is 6.92 Å². The highest BCUT2D eigenvalue weighted by atomic mass is 32.2. The lowest BCUT2D eigenvalue weighted by molar-refractivity contribution is -0.118. The number of rotatable bonds is 6. The molecule has 0 aromatic rings. The Hall–Kier alpha value is -0.220. The van der Waals surface area contributed by atoms with E-state index >= 15 is 0 Å². The molecule has 1 amide bonds. The highest BCUT2D eigenvalue weighted by Gasteiger charge is 2.04. The zero-order chi connectivity index (χ0) is 9.40. The number of nitrogens with two attached hydrogens (primary N) is 1. The Labute approximate surface area is 78.5 Å². The fraction of sp³-hybridized carbons (Fsp3) is 0.875. The normalized spacial score (nSPS) is 12.6. The minimum absolute atomic E-state index is 0.117. The van der Waals surface area contributed by atoms with Gasteiger partial charge >= 0.3 is 0 Å². The summed E-state index contributed by atoms with van der Waals surface area (Å²) in [5, 5.41) is 3.24. The molecule has 0 saturated heterocycles. The Balaban J connectivity index is 3.33. The van der Waals surface area contributed by atoms with E-state index in [9.17, 15) is 4.79 Å². The summed E-state index contributed by atoms with van der Waals surface area (Å²) in [6.45, 7) is 5.43. The number of carbonyl (C=O) groups is 1. The molecule has 3 N–H and O–H groups in total. The van der Waals surface area contributed by atoms with Crippen molar-refractivity contribution in [1.29, 1.82) is 0 Å². The number of thioether (sulfide) groups is 1. The number of nitrogens with one attached hydrogen (secondary N) is 1. The van der Waals surface area contributed by atoms with Crippen LogP contribution in [0.1, 0.15) is 20.3 Å². The molecule has 1 atom stereocenters. The predicted octanol–water partition coefficient (Wildman–Crippen LogP) is 0.593. The molecule has 0 aliphatic rings. The molecule has 4 heteroatoms. The monoisotopic (exact) mass is 190 g/mol. The van der Waals surface area contributed by atoms with Gasteiger partial charge in [0.25, 0.3) is 0 Å². The van der Waals surface area contributed by atoms with E-state index in [1.165, 1.54) is 0 Å². The third-order valence-corrected chi connectivity index (χ3v) is 2.68. The van der Waals surface area contributed by atoms with Crippen LogP contribution in [-0.4, -0.2) is 30.0 Å². The Kier molecular flexibility index (Phi) is 7.29. The number of carbonyl (C=O) groups excluding carboxylic acids is 1. The van der Waals surface area contributed by atoms with E-state index < -0.39 is 0 Å².